The number of carbonyl (C=O) groups is 1. The molecule has 0 aromatic heterocycles. The molecular weight excluding hydrogens is 244 g/mol. The van der Waals surface area contributed by atoms with Crippen molar-refractivity contribution in [1.29, 1.82) is 0 Å². The monoisotopic (exact) mass is 266 g/mol. The molecule has 0 spiro atoms. The first-order chi connectivity index (χ1) is 8.84. The summed E-state index contributed by atoms with van der Waals surface area (Å²) in [5, 5.41) is 20.6. The van der Waals surface area contributed by atoms with Crippen LogP contribution >= 0.6 is 0 Å². The second-order valence-electron chi connectivity index (χ2n) is 6.84. The first-order valence-electron chi connectivity index (χ1n) is 7.10. The fraction of sp³-hybridized carbons (Fsp3) is 0.800. The van der Waals surface area contributed by atoms with Crippen molar-refractivity contribution in [2.45, 2.75) is 51.4 Å². The summed E-state index contributed by atoms with van der Waals surface area (Å²) in [5.41, 5.74) is 0.183. The maximum atomic E-state index is 11.7. The number of carbonyl (C=O) groups excluding carboxylic acids is 1. The highest BCUT2D eigenvalue weighted by Crippen LogP contribution is 2.56. The minimum Gasteiger partial charge on any atom is -0.458 e. The zero-order chi connectivity index (χ0) is 13.9. The van der Waals surface area contributed by atoms with E-state index < -0.39 is 12.2 Å². The summed E-state index contributed by atoms with van der Waals surface area (Å²) in [5.74, 6) is -0.00682. The van der Waals surface area contributed by atoms with Crippen molar-refractivity contribution in [3.63, 3.8) is 0 Å². The summed E-state index contributed by atoms with van der Waals surface area (Å²) in [6.45, 7) is 7.98. The SMILES string of the molecule is C=C1C(=O)O[C@H]2CC(C)C3[C@@H](O)C[C@@H](O)[C@@]3(C)C[C@H]12. The average molecular weight is 266 g/mol. The Morgan fingerprint density at radius 3 is 2.74 bits per heavy atom. The van der Waals surface area contributed by atoms with Crippen LogP contribution in [0.25, 0.3) is 0 Å². The van der Waals surface area contributed by atoms with Crippen LogP contribution in [-0.2, 0) is 9.53 Å². The van der Waals surface area contributed by atoms with Gasteiger partial charge in [-0.05, 0) is 30.1 Å². The lowest BCUT2D eigenvalue weighted by molar-refractivity contribution is -0.139. The Kier molecular flexibility index (Phi) is 2.81. The molecule has 0 amide bonds. The van der Waals surface area contributed by atoms with Crippen LogP contribution in [0.5, 0.6) is 0 Å². The third kappa shape index (κ3) is 1.69. The molecule has 4 nitrogen and oxygen atoms in total. The van der Waals surface area contributed by atoms with Gasteiger partial charge in [0.25, 0.3) is 0 Å². The maximum Gasteiger partial charge on any atom is 0.334 e. The molecule has 0 aromatic carbocycles. The van der Waals surface area contributed by atoms with Gasteiger partial charge in [-0.15, -0.1) is 0 Å². The molecule has 1 aliphatic heterocycles. The molecule has 106 valence electrons. The quantitative estimate of drug-likeness (QED) is 0.512. The van der Waals surface area contributed by atoms with Gasteiger partial charge in [-0.2, -0.15) is 0 Å². The largest absolute Gasteiger partial charge is 0.458 e. The Bertz CT molecular complexity index is 432. The number of esters is 1. The lowest BCUT2D eigenvalue weighted by Gasteiger charge is -2.37. The Morgan fingerprint density at radius 1 is 1.37 bits per heavy atom. The zero-order valence-electron chi connectivity index (χ0n) is 11.5. The predicted octanol–water partition coefficient (Wildman–Crippen LogP) is 1.26. The predicted molar refractivity (Wildman–Crippen MR) is 69.1 cm³/mol. The summed E-state index contributed by atoms with van der Waals surface area (Å²) in [7, 11) is 0. The lowest BCUT2D eigenvalue weighted by Crippen LogP contribution is -2.37. The van der Waals surface area contributed by atoms with Gasteiger partial charge in [0.15, 0.2) is 0 Å². The van der Waals surface area contributed by atoms with Crippen molar-refractivity contribution in [1.82, 2.24) is 0 Å². The summed E-state index contributed by atoms with van der Waals surface area (Å²) >= 11 is 0. The van der Waals surface area contributed by atoms with Crippen LogP contribution in [0.3, 0.4) is 0 Å². The van der Waals surface area contributed by atoms with E-state index in [1.165, 1.54) is 0 Å². The van der Waals surface area contributed by atoms with Crippen LogP contribution in [0.1, 0.15) is 33.1 Å². The third-order valence-electron chi connectivity index (χ3n) is 5.70. The molecule has 3 fully saturated rings. The zero-order valence-corrected chi connectivity index (χ0v) is 11.5. The molecular formula is C15H22O4. The molecule has 2 aliphatic carbocycles. The fourth-order valence-corrected chi connectivity index (χ4v) is 4.73. The van der Waals surface area contributed by atoms with Crippen LogP contribution in [0, 0.1) is 23.2 Å². The first kappa shape index (κ1) is 13.1. The molecule has 7 atom stereocenters. The normalized spacial score (nSPS) is 53.5. The summed E-state index contributed by atoms with van der Waals surface area (Å²) in [4.78, 5) is 11.7. The topological polar surface area (TPSA) is 66.8 Å². The highest BCUT2D eigenvalue weighted by Gasteiger charge is 2.58. The minimum atomic E-state index is -0.516. The highest BCUT2D eigenvalue weighted by molar-refractivity contribution is 5.90. The molecule has 4 heteroatoms. The Labute approximate surface area is 113 Å². The number of hydrogen-bond donors (Lipinski definition) is 2. The molecule has 0 bridgehead atoms. The second kappa shape index (κ2) is 4.06. The smallest absolute Gasteiger partial charge is 0.334 e. The molecule has 3 aliphatic rings. The van der Waals surface area contributed by atoms with E-state index in [0.29, 0.717) is 18.4 Å². The van der Waals surface area contributed by atoms with E-state index in [1.807, 2.05) is 6.92 Å². The number of ether oxygens (including phenoxy) is 1. The Balaban J connectivity index is 1.98. The lowest BCUT2D eigenvalue weighted by atomic mass is 9.69. The number of aliphatic hydroxyl groups excluding tert-OH is 2. The van der Waals surface area contributed by atoms with E-state index in [4.69, 9.17) is 4.74 Å². The second-order valence-corrected chi connectivity index (χ2v) is 6.84. The van der Waals surface area contributed by atoms with E-state index in [-0.39, 0.29) is 35.2 Å². The van der Waals surface area contributed by atoms with Crippen LogP contribution in [0.4, 0.5) is 0 Å². The Morgan fingerprint density at radius 2 is 2.05 bits per heavy atom. The molecule has 19 heavy (non-hydrogen) atoms. The molecule has 3 rings (SSSR count). The van der Waals surface area contributed by atoms with Crippen LogP contribution in [0.15, 0.2) is 12.2 Å². The summed E-state index contributed by atoms with van der Waals surface area (Å²) in [6.07, 6.45) is 0.755. The molecule has 2 saturated carbocycles. The van der Waals surface area contributed by atoms with Crippen molar-refractivity contribution in [2.24, 2.45) is 23.2 Å². The van der Waals surface area contributed by atoms with Crippen LogP contribution < -0.4 is 0 Å². The molecule has 2 N–H and O–H groups in total. The van der Waals surface area contributed by atoms with Gasteiger partial charge in [0.05, 0.1) is 12.2 Å². The van der Waals surface area contributed by atoms with Crippen LogP contribution in [-0.4, -0.2) is 34.5 Å². The van der Waals surface area contributed by atoms with E-state index >= 15 is 0 Å². The molecule has 2 unspecified atom stereocenters. The van der Waals surface area contributed by atoms with Gasteiger partial charge in [-0.3, -0.25) is 0 Å². The van der Waals surface area contributed by atoms with Crippen molar-refractivity contribution in [3.8, 4) is 0 Å². The third-order valence-corrected chi connectivity index (χ3v) is 5.70. The van der Waals surface area contributed by atoms with Gasteiger partial charge in [-0.25, -0.2) is 4.79 Å². The number of fused-ring (bicyclic) bond motifs is 2. The van der Waals surface area contributed by atoms with E-state index in [0.717, 1.165) is 6.42 Å². The number of hydrogen-bond acceptors (Lipinski definition) is 4. The van der Waals surface area contributed by atoms with Gasteiger partial charge >= 0.3 is 5.97 Å². The van der Waals surface area contributed by atoms with Gasteiger partial charge < -0.3 is 14.9 Å². The maximum absolute atomic E-state index is 11.7. The summed E-state index contributed by atoms with van der Waals surface area (Å²) in [6, 6.07) is 0. The highest BCUT2D eigenvalue weighted by atomic mass is 16.6. The van der Waals surface area contributed by atoms with Crippen molar-refractivity contribution in [2.75, 3.05) is 0 Å². The number of aliphatic hydroxyl groups is 2. The van der Waals surface area contributed by atoms with E-state index in [2.05, 4.69) is 13.5 Å². The molecule has 1 saturated heterocycles. The number of rotatable bonds is 0. The van der Waals surface area contributed by atoms with E-state index in [1.54, 1.807) is 0 Å². The van der Waals surface area contributed by atoms with Crippen molar-refractivity contribution in [3.05, 3.63) is 12.2 Å². The molecule has 0 radical (unpaired) electrons. The van der Waals surface area contributed by atoms with Gasteiger partial charge in [0.1, 0.15) is 6.10 Å². The van der Waals surface area contributed by atoms with Crippen LogP contribution in [0.2, 0.25) is 0 Å². The van der Waals surface area contributed by atoms with E-state index in [9.17, 15) is 15.0 Å². The standard InChI is InChI=1S/C15H22O4/c1-7-4-11-9(8(2)14(18)19-11)6-15(3)12(17)5-10(16)13(7)15/h7,9-13,16-17H,2,4-6H2,1,3H3/t7?,9-,10+,11+,12-,13?,15-/m1/s1. The van der Waals surface area contributed by atoms with Gasteiger partial charge in [0.2, 0.25) is 0 Å². The minimum absolute atomic E-state index is 0.00935. The van der Waals surface area contributed by atoms with Crippen molar-refractivity contribution < 1.29 is 19.7 Å². The van der Waals surface area contributed by atoms with Gasteiger partial charge in [0, 0.05) is 17.9 Å². The van der Waals surface area contributed by atoms with Crippen molar-refractivity contribution >= 4 is 5.97 Å². The Hall–Kier alpha value is -0.870. The molecule has 1 heterocycles. The summed E-state index contributed by atoms with van der Waals surface area (Å²) < 4.78 is 5.41. The fourth-order valence-electron chi connectivity index (χ4n) is 4.73. The molecule has 0 aromatic rings. The van der Waals surface area contributed by atoms with Gasteiger partial charge in [-0.1, -0.05) is 20.4 Å². The first-order valence-corrected chi connectivity index (χ1v) is 7.10. The average Bonchev–Trinajstić information content (AvgIpc) is 2.63.